The zero-order chi connectivity index (χ0) is 27.4. The van der Waals surface area contributed by atoms with Gasteiger partial charge in [0.2, 0.25) is 5.91 Å². The molecular formula is C29H25Cl2FN2O4. The summed E-state index contributed by atoms with van der Waals surface area (Å²) in [6.45, 7) is 2.45. The van der Waals surface area contributed by atoms with Gasteiger partial charge in [-0.25, -0.2) is 9.18 Å². The van der Waals surface area contributed by atoms with Gasteiger partial charge in [0, 0.05) is 31.1 Å². The number of amides is 2. The normalized spacial score (nSPS) is 13.7. The number of halogens is 3. The maximum atomic E-state index is 13.8. The summed E-state index contributed by atoms with van der Waals surface area (Å²) in [5.41, 5.74) is 3.42. The number of nitrogens with one attached hydrogen (secondary N) is 1. The summed E-state index contributed by atoms with van der Waals surface area (Å²) in [5, 5.41) is 12.4. The number of rotatable bonds is 7. The van der Waals surface area contributed by atoms with Gasteiger partial charge in [0.25, 0.3) is 5.91 Å². The van der Waals surface area contributed by atoms with Crippen LogP contribution in [0.5, 0.6) is 0 Å². The molecule has 0 saturated heterocycles. The second-order valence-corrected chi connectivity index (χ2v) is 9.89. The Labute approximate surface area is 229 Å². The molecule has 3 aromatic rings. The van der Waals surface area contributed by atoms with Gasteiger partial charge in [-0.05, 0) is 48.2 Å². The smallest absolute Gasteiger partial charge is 0.326 e. The number of carbonyl (C=O) groups excluding carboxylic acids is 2. The summed E-state index contributed by atoms with van der Waals surface area (Å²) in [7, 11) is 0. The molecule has 0 spiro atoms. The van der Waals surface area contributed by atoms with Crippen molar-refractivity contribution in [3.05, 3.63) is 110 Å². The van der Waals surface area contributed by atoms with Crippen molar-refractivity contribution in [3.8, 4) is 0 Å². The molecule has 2 N–H and O–H groups in total. The number of benzene rings is 3. The Hall–Kier alpha value is -3.68. The van der Waals surface area contributed by atoms with Crippen LogP contribution in [0.1, 0.15) is 38.2 Å². The van der Waals surface area contributed by atoms with E-state index in [1.54, 1.807) is 35.2 Å². The molecule has 3 aromatic carbocycles. The van der Waals surface area contributed by atoms with Crippen LogP contribution in [-0.2, 0) is 29.0 Å². The predicted molar refractivity (Wildman–Crippen MR) is 145 cm³/mol. The Morgan fingerprint density at radius 1 is 1.13 bits per heavy atom. The summed E-state index contributed by atoms with van der Waals surface area (Å²) in [4.78, 5) is 39.3. The lowest BCUT2D eigenvalue weighted by molar-refractivity contribution is -0.139. The predicted octanol–water partition coefficient (Wildman–Crippen LogP) is 5.46. The molecule has 0 bridgehead atoms. The van der Waals surface area contributed by atoms with Crippen molar-refractivity contribution in [2.45, 2.75) is 32.4 Å². The van der Waals surface area contributed by atoms with Crippen LogP contribution in [0.4, 0.5) is 4.39 Å². The Balaban J connectivity index is 1.50. The van der Waals surface area contributed by atoms with Crippen LogP contribution in [0.25, 0.3) is 6.08 Å². The number of hydrogen-bond acceptors (Lipinski definition) is 3. The van der Waals surface area contributed by atoms with Crippen molar-refractivity contribution in [3.63, 3.8) is 0 Å². The van der Waals surface area contributed by atoms with E-state index in [9.17, 15) is 23.9 Å². The van der Waals surface area contributed by atoms with E-state index in [0.29, 0.717) is 29.7 Å². The van der Waals surface area contributed by atoms with Gasteiger partial charge in [-0.3, -0.25) is 9.59 Å². The van der Waals surface area contributed by atoms with Gasteiger partial charge in [0.05, 0.1) is 15.6 Å². The van der Waals surface area contributed by atoms with Crippen LogP contribution in [0.3, 0.4) is 0 Å². The van der Waals surface area contributed by atoms with Gasteiger partial charge in [0.15, 0.2) is 0 Å². The Kier molecular flexibility index (Phi) is 8.49. The van der Waals surface area contributed by atoms with E-state index in [4.69, 9.17) is 23.2 Å². The van der Waals surface area contributed by atoms with Crippen molar-refractivity contribution in [2.75, 3.05) is 6.54 Å². The fourth-order valence-electron chi connectivity index (χ4n) is 4.43. The van der Waals surface area contributed by atoms with Crippen LogP contribution >= 0.6 is 23.2 Å². The first-order chi connectivity index (χ1) is 18.1. The molecule has 1 atom stereocenters. The third kappa shape index (κ3) is 6.23. The van der Waals surface area contributed by atoms with Gasteiger partial charge in [-0.15, -0.1) is 0 Å². The van der Waals surface area contributed by atoms with Crippen LogP contribution in [0.2, 0.25) is 10.0 Å². The first-order valence-electron chi connectivity index (χ1n) is 11.9. The minimum Gasteiger partial charge on any atom is -0.480 e. The molecule has 1 aliphatic rings. The number of aryl methyl sites for hydroxylation is 1. The molecule has 1 aliphatic heterocycles. The van der Waals surface area contributed by atoms with Crippen molar-refractivity contribution in [2.24, 2.45) is 0 Å². The summed E-state index contributed by atoms with van der Waals surface area (Å²) in [6.07, 6.45) is 3.21. The van der Waals surface area contributed by atoms with Crippen molar-refractivity contribution >= 4 is 47.1 Å². The third-order valence-corrected chi connectivity index (χ3v) is 7.10. The molecule has 6 nitrogen and oxygen atoms in total. The molecule has 0 saturated carbocycles. The van der Waals surface area contributed by atoms with Crippen LogP contribution < -0.4 is 5.32 Å². The molecule has 0 unspecified atom stereocenters. The zero-order valence-corrected chi connectivity index (χ0v) is 22.0. The fraction of sp³-hybridized carbons (Fsp3) is 0.207. The van der Waals surface area contributed by atoms with Crippen LogP contribution in [0.15, 0.2) is 60.7 Å². The standard InChI is InChI=1S/C29H25Cl2FN2O4/c1-17-5-4-6-18(13-17)14-24(29(37)38)33-28(36)26-22(30)15-20-16-34(12-11-21(20)27(26)31)25(35)10-9-19-7-2-3-8-23(19)32/h2-10,13,15,24H,11-12,14,16H2,1H3,(H,33,36)(H,37,38)/b10-9+/t24-/m0/s1. The molecule has 0 radical (unpaired) electrons. The maximum absolute atomic E-state index is 13.8. The number of carbonyl (C=O) groups is 3. The number of fused-ring (bicyclic) bond motifs is 1. The van der Waals surface area contributed by atoms with Crippen molar-refractivity contribution in [1.82, 2.24) is 10.2 Å². The number of hydrogen-bond donors (Lipinski definition) is 2. The molecule has 9 heteroatoms. The minimum absolute atomic E-state index is 0.00167. The molecule has 0 aliphatic carbocycles. The quantitative estimate of drug-likeness (QED) is 0.379. The average Bonchev–Trinajstić information content (AvgIpc) is 2.87. The summed E-state index contributed by atoms with van der Waals surface area (Å²) in [6, 6.07) is 13.9. The van der Waals surface area contributed by atoms with Gasteiger partial charge >= 0.3 is 5.97 Å². The highest BCUT2D eigenvalue weighted by Gasteiger charge is 2.29. The number of carboxylic acids is 1. The largest absolute Gasteiger partial charge is 0.480 e. The highest BCUT2D eigenvalue weighted by molar-refractivity contribution is 6.40. The Bertz CT molecular complexity index is 1440. The number of carboxylic acid groups (broad SMARTS) is 1. The first-order valence-corrected chi connectivity index (χ1v) is 12.7. The molecule has 0 aromatic heterocycles. The second kappa shape index (κ2) is 11.8. The fourth-order valence-corrected chi connectivity index (χ4v) is 5.19. The highest BCUT2D eigenvalue weighted by atomic mass is 35.5. The first kappa shape index (κ1) is 27.4. The van der Waals surface area contributed by atoms with Crippen LogP contribution in [0, 0.1) is 12.7 Å². The topological polar surface area (TPSA) is 86.7 Å². The Morgan fingerprint density at radius 3 is 2.61 bits per heavy atom. The second-order valence-electron chi connectivity index (χ2n) is 9.11. The van der Waals surface area contributed by atoms with Gasteiger partial charge < -0.3 is 15.3 Å². The number of nitrogens with zero attached hydrogens (tertiary/aromatic N) is 1. The van der Waals surface area contributed by atoms with Gasteiger partial charge in [0.1, 0.15) is 11.9 Å². The molecule has 2 amide bonds. The average molecular weight is 555 g/mol. The molecular weight excluding hydrogens is 530 g/mol. The van der Waals surface area contributed by atoms with Crippen molar-refractivity contribution < 1.29 is 23.9 Å². The zero-order valence-electron chi connectivity index (χ0n) is 20.5. The molecule has 0 fully saturated rings. The molecule has 1 heterocycles. The highest BCUT2D eigenvalue weighted by Crippen LogP contribution is 2.35. The van der Waals surface area contributed by atoms with E-state index in [1.165, 1.54) is 18.2 Å². The van der Waals surface area contributed by atoms with E-state index in [-0.39, 0.29) is 34.5 Å². The summed E-state index contributed by atoms with van der Waals surface area (Å²) < 4.78 is 13.8. The van der Waals surface area contributed by atoms with Crippen molar-refractivity contribution in [1.29, 1.82) is 0 Å². The SMILES string of the molecule is Cc1cccc(C[C@H](NC(=O)c2c(Cl)cc3c(c2Cl)CCN(C(=O)/C=C/c2ccccc2F)C3)C(=O)O)c1. The third-order valence-electron chi connectivity index (χ3n) is 6.38. The number of aliphatic carboxylic acids is 1. The van der Waals surface area contributed by atoms with Gasteiger partial charge in [-0.2, -0.15) is 0 Å². The van der Waals surface area contributed by atoms with E-state index in [1.807, 2.05) is 25.1 Å². The van der Waals surface area contributed by atoms with E-state index >= 15 is 0 Å². The van der Waals surface area contributed by atoms with E-state index < -0.39 is 23.7 Å². The molecule has 38 heavy (non-hydrogen) atoms. The lowest BCUT2D eigenvalue weighted by Gasteiger charge is -2.29. The van der Waals surface area contributed by atoms with E-state index in [0.717, 1.165) is 11.1 Å². The van der Waals surface area contributed by atoms with E-state index in [2.05, 4.69) is 5.32 Å². The lowest BCUT2D eigenvalue weighted by atomic mass is 9.96. The summed E-state index contributed by atoms with van der Waals surface area (Å²) in [5.74, 6) is -2.58. The lowest BCUT2D eigenvalue weighted by Crippen LogP contribution is -2.42. The maximum Gasteiger partial charge on any atom is 0.326 e. The van der Waals surface area contributed by atoms with Crippen LogP contribution in [-0.4, -0.2) is 40.4 Å². The minimum atomic E-state index is -1.18. The Morgan fingerprint density at radius 2 is 1.89 bits per heavy atom. The monoisotopic (exact) mass is 554 g/mol. The summed E-state index contributed by atoms with van der Waals surface area (Å²) >= 11 is 13.0. The molecule has 196 valence electrons. The van der Waals surface area contributed by atoms with Gasteiger partial charge in [-0.1, -0.05) is 71.2 Å². The molecule has 4 rings (SSSR count).